The third-order valence-corrected chi connectivity index (χ3v) is 8.18. The zero-order chi connectivity index (χ0) is 24.2. The van der Waals surface area contributed by atoms with Crippen molar-refractivity contribution in [3.63, 3.8) is 0 Å². The van der Waals surface area contributed by atoms with Crippen LogP contribution in [0.4, 0.5) is 0 Å². The largest absolute Gasteiger partial charge is 0.487 e. The molecule has 0 saturated heterocycles. The molecule has 0 unspecified atom stereocenters. The average Bonchev–Trinajstić information content (AvgIpc) is 3.59. The normalized spacial score (nSPS) is 23.2. The van der Waals surface area contributed by atoms with Gasteiger partial charge in [-0.3, -0.25) is 4.79 Å². The summed E-state index contributed by atoms with van der Waals surface area (Å²) >= 11 is 0. The van der Waals surface area contributed by atoms with E-state index in [-0.39, 0.29) is 42.2 Å². The third kappa shape index (κ3) is 6.27. The van der Waals surface area contributed by atoms with Crippen LogP contribution in [0.3, 0.4) is 0 Å². The lowest BCUT2D eigenvalue weighted by Crippen LogP contribution is -2.50. The van der Waals surface area contributed by atoms with Crippen LogP contribution in [0, 0.1) is 23.7 Å². The zero-order valence-corrected chi connectivity index (χ0v) is 20.6. The van der Waals surface area contributed by atoms with Gasteiger partial charge in [0, 0.05) is 44.6 Å². The topological polar surface area (TPSA) is 96.4 Å². The summed E-state index contributed by atoms with van der Waals surface area (Å²) in [6, 6.07) is 4.15. The molecule has 182 valence electrons. The number of carbonyl (C=O) groups is 1. The highest BCUT2D eigenvalue weighted by atomic mass is 32.2. The number of aliphatic hydroxyl groups is 1. The summed E-state index contributed by atoms with van der Waals surface area (Å²) in [5.74, 6) is 6.35. The number of benzene rings is 1. The van der Waals surface area contributed by atoms with Gasteiger partial charge in [-0.25, -0.2) is 8.42 Å². The summed E-state index contributed by atoms with van der Waals surface area (Å²) < 4.78 is 39.5. The van der Waals surface area contributed by atoms with Gasteiger partial charge in [-0.1, -0.05) is 18.8 Å². The van der Waals surface area contributed by atoms with Gasteiger partial charge >= 0.3 is 0 Å². The molecule has 3 atom stereocenters. The van der Waals surface area contributed by atoms with Gasteiger partial charge in [0.1, 0.15) is 23.4 Å². The molecule has 33 heavy (non-hydrogen) atoms. The maximum Gasteiger partial charge on any atom is 0.247 e. The first-order valence-corrected chi connectivity index (χ1v) is 12.8. The maximum atomic E-state index is 13.5. The molecule has 1 saturated carbocycles. The second-order valence-corrected chi connectivity index (χ2v) is 10.9. The summed E-state index contributed by atoms with van der Waals surface area (Å²) in [7, 11) is -0.597. The quantitative estimate of drug-likeness (QED) is 0.600. The monoisotopic (exact) mass is 478 g/mol. The van der Waals surface area contributed by atoms with Crippen LogP contribution >= 0.6 is 0 Å². The number of ether oxygens (including phenoxy) is 2. The van der Waals surface area contributed by atoms with Gasteiger partial charge in [-0.15, -0.1) is 0 Å². The Bertz CT molecular complexity index is 1010. The molecule has 1 aliphatic heterocycles. The van der Waals surface area contributed by atoms with E-state index in [0.717, 1.165) is 12.8 Å². The van der Waals surface area contributed by atoms with Crippen molar-refractivity contribution < 1.29 is 27.8 Å². The van der Waals surface area contributed by atoms with Crippen LogP contribution in [-0.4, -0.2) is 81.2 Å². The number of methoxy groups -OCH3 is 1. The minimum Gasteiger partial charge on any atom is -0.487 e. The van der Waals surface area contributed by atoms with Gasteiger partial charge in [0.05, 0.1) is 13.2 Å². The minimum atomic E-state index is -3.91. The van der Waals surface area contributed by atoms with Gasteiger partial charge in [0.25, 0.3) is 0 Å². The van der Waals surface area contributed by atoms with Gasteiger partial charge < -0.3 is 19.5 Å². The summed E-state index contributed by atoms with van der Waals surface area (Å²) in [5, 5.41) is 9.73. The fraction of sp³-hybridized carbons (Fsp3) is 0.625. The van der Waals surface area contributed by atoms with Crippen LogP contribution < -0.4 is 4.74 Å². The van der Waals surface area contributed by atoms with Crippen molar-refractivity contribution in [2.75, 3.05) is 40.5 Å². The number of rotatable bonds is 7. The lowest BCUT2D eigenvalue weighted by Gasteiger charge is -2.37. The van der Waals surface area contributed by atoms with Crippen molar-refractivity contribution >= 4 is 15.9 Å². The number of nitrogens with zero attached hydrogens (tertiary/aromatic N) is 2. The highest BCUT2D eigenvalue weighted by molar-refractivity contribution is 7.89. The van der Waals surface area contributed by atoms with Gasteiger partial charge in [0.2, 0.25) is 15.9 Å². The van der Waals surface area contributed by atoms with Crippen LogP contribution in [-0.2, 0) is 19.6 Å². The van der Waals surface area contributed by atoms with Gasteiger partial charge in [-0.05, 0) is 43.9 Å². The number of fused-ring (bicyclic) bond motifs is 1. The third-order valence-electron chi connectivity index (χ3n) is 6.16. The average molecular weight is 479 g/mol. The molecular formula is C24H34N2O6S. The van der Waals surface area contributed by atoms with E-state index < -0.39 is 22.2 Å². The highest BCUT2D eigenvalue weighted by Gasteiger charge is 2.38. The number of amides is 1. The summed E-state index contributed by atoms with van der Waals surface area (Å²) in [5.41, 5.74) is 0.605. The van der Waals surface area contributed by atoms with E-state index in [4.69, 9.17) is 9.47 Å². The Kier molecular flexibility index (Phi) is 8.40. The lowest BCUT2D eigenvalue weighted by molar-refractivity contribution is -0.131. The standard InChI is InChI=1S/C24H34N2O6S/c1-17-14-26(18(2)16-27)33(29,30)23-10-9-19(6-5-11-31-4)12-21(23)32-22(17)15-25(3)24(28)13-20-7-8-20/h9-10,12,17-18,20,22,27H,7-8,11,13-16H2,1-4H3/t17-,18-,22-/m0/s1. The molecule has 1 aromatic rings. The SMILES string of the molecule is COCC#Cc1ccc2c(c1)O[C@@H](CN(C)C(=O)CC1CC1)[C@@H](C)CN([C@@H](C)CO)S2(=O)=O. The number of sulfonamides is 1. The van der Waals surface area contributed by atoms with Crippen molar-refractivity contribution in [1.29, 1.82) is 0 Å². The number of aliphatic hydroxyl groups excluding tert-OH is 1. The van der Waals surface area contributed by atoms with E-state index >= 15 is 0 Å². The molecule has 1 fully saturated rings. The van der Waals surface area contributed by atoms with Crippen LogP contribution in [0.5, 0.6) is 5.75 Å². The predicted octanol–water partition coefficient (Wildman–Crippen LogP) is 1.71. The molecule has 1 N–H and O–H groups in total. The van der Waals surface area contributed by atoms with Crippen molar-refractivity contribution in [2.45, 2.75) is 50.2 Å². The van der Waals surface area contributed by atoms with Gasteiger partial charge in [-0.2, -0.15) is 4.31 Å². The lowest BCUT2D eigenvalue weighted by atomic mass is 10.0. The first-order chi connectivity index (χ1) is 15.7. The second kappa shape index (κ2) is 10.9. The summed E-state index contributed by atoms with van der Waals surface area (Å²) in [6.45, 7) is 4.06. The van der Waals surface area contributed by atoms with Crippen molar-refractivity contribution in [3.05, 3.63) is 23.8 Å². The molecule has 0 radical (unpaired) electrons. The Labute approximate surface area is 196 Å². The van der Waals surface area contributed by atoms with E-state index in [1.54, 1.807) is 38.1 Å². The molecule has 0 bridgehead atoms. The van der Waals surface area contributed by atoms with E-state index in [2.05, 4.69) is 11.8 Å². The number of hydrogen-bond acceptors (Lipinski definition) is 6. The van der Waals surface area contributed by atoms with Crippen LogP contribution in [0.1, 0.15) is 38.7 Å². The molecule has 8 nitrogen and oxygen atoms in total. The van der Waals surface area contributed by atoms with Crippen LogP contribution in [0.2, 0.25) is 0 Å². The molecule has 1 heterocycles. The Morgan fingerprint density at radius 1 is 1.39 bits per heavy atom. The van der Waals surface area contributed by atoms with E-state index in [0.29, 0.717) is 24.4 Å². The van der Waals surface area contributed by atoms with Crippen LogP contribution in [0.25, 0.3) is 0 Å². The van der Waals surface area contributed by atoms with Gasteiger partial charge in [0.15, 0.2) is 0 Å². The molecule has 0 spiro atoms. The van der Waals surface area contributed by atoms with Crippen molar-refractivity contribution in [1.82, 2.24) is 9.21 Å². The van der Waals surface area contributed by atoms with E-state index in [1.165, 1.54) is 10.4 Å². The molecule has 1 aliphatic carbocycles. The summed E-state index contributed by atoms with van der Waals surface area (Å²) in [6.07, 6.45) is 2.31. The fourth-order valence-electron chi connectivity index (χ4n) is 3.83. The zero-order valence-electron chi connectivity index (χ0n) is 19.8. The van der Waals surface area contributed by atoms with E-state index in [1.807, 2.05) is 6.92 Å². The molecule has 9 heteroatoms. The molecule has 1 amide bonds. The number of likely N-dealkylation sites (N-methyl/N-ethyl adjacent to an activating group) is 1. The number of hydrogen-bond donors (Lipinski definition) is 1. The Morgan fingerprint density at radius 3 is 2.76 bits per heavy atom. The summed E-state index contributed by atoms with van der Waals surface area (Å²) in [4.78, 5) is 14.3. The molecule has 2 aliphatic rings. The smallest absolute Gasteiger partial charge is 0.247 e. The molecular weight excluding hydrogens is 444 g/mol. The first kappa shape index (κ1) is 25.5. The Balaban J connectivity index is 1.97. The molecule has 0 aromatic heterocycles. The maximum absolute atomic E-state index is 13.5. The highest BCUT2D eigenvalue weighted by Crippen LogP contribution is 2.35. The fourth-order valence-corrected chi connectivity index (χ4v) is 5.65. The molecule has 1 aromatic carbocycles. The molecule has 3 rings (SSSR count). The van der Waals surface area contributed by atoms with Crippen LogP contribution in [0.15, 0.2) is 23.1 Å². The minimum absolute atomic E-state index is 0.0314. The first-order valence-electron chi connectivity index (χ1n) is 11.3. The second-order valence-electron chi connectivity index (χ2n) is 9.06. The number of carbonyl (C=O) groups excluding carboxylic acids is 1. The Morgan fingerprint density at radius 2 is 2.12 bits per heavy atom. The van der Waals surface area contributed by atoms with Crippen molar-refractivity contribution in [3.8, 4) is 17.6 Å². The predicted molar refractivity (Wildman–Crippen MR) is 124 cm³/mol. The Hall–Kier alpha value is -2.12. The van der Waals surface area contributed by atoms with Crippen molar-refractivity contribution in [2.24, 2.45) is 11.8 Å². The van der Waals surface area contributed by atoms with E-state index in [9.17, 15) is 18.3 Å².